The second-order valence-corrected chi connectivity index (χ2v) is 4.34. The zero-order valence-electron chi connectivity index (χ0n) is 10.6. The maximum absolute atomic E-state index is 11.9. The summed E-state index contributed by atoms with van der Waals surface area (Å²) in [6.45, 7) is 3.72. The Bertz CT molecular complexity index is 288. The standard InChI is InChI=1S/C12H21N3O2/c1-10(12(16)14-6-8-17-2)15-7-4-3-5-11(15)9-13/h10-11H,3-8H2,1-2H3,(H,14,16). The van der Waals surface area contributed by atoms with Crippen LogP contribution in [0.3, 0.4) is 0 Å². The van der Waals surface area contributed by atoms with E-state index in [1.54, 1.807) is 7.11 Å². The molecule has 1 N–H and O–H groups in total. The van der Waals surface area contributed by atoms with Gasteiger partial charge in [-0.25, -0.2) is 0 Å². The monoisotopic (exact) mass is 239 g/mol. The van der Waals surface area contributed by atoms with Crippen molar-refractivity contribution < 1.29 is 9.53 Å². The molecule has 0 aliphatic carbocycles. The average Bonchev–Trinajstić information content (AvgIpc) is 2.38. The van der Waals surface area contributed by atoms with Gasteiger partial charge in [-0.1, -0.05) is 0 Å². The highest BCUT2D eigenvalue weighted by Crippen LogP contribution is 2.18. The van der Waals surface area contributed by atoms with E-state index >= 15 is 0 Å². The second kappa shape index (κ2) is 7.25. The van der Waals surface area contributed by atoms with E-state index in [1.807, 2.05) is 11.8 Å². The molecule has 0 bridgehead atoms. The van der Waals surface area contributed by atoms with Gasteiger partial charge in [0.2, 0.25) is 5.91 Å². The Labute approximate surface area is 103 Å². The molecule has 0 saturated carbocycles. The van der Waals surface area contributed by atoms with Gasteiger partial charge in [-0.05, 0) is 26.2 Å². The maximum atomic E-state index is 11.9. The fourth-order valence-corrected chi connectivity index (χ4v) is 2.13. The third-order valence-electron chi connectivity index (χ3n) is 3.18. The van der Waals surface area contributed by atoms with Crippen molar-refractivity contribution in [3.63, 3.8) is 0 Å². The number of piperidine rings is 1. The van der Waals surface area contributed by atoms with Gasteiger partial charge in [0.1, 0.15) is 0 Å². The number of carbonyl (C=O) groups is 1. The van der Waals surface area contributed by atoms with Gasteiger partial charge in [0.25, 0.3) is 0 Å². The van der Waals surface area contributed by atoms with Crippen molar-refractivity contribution in [3.05, 3.63) is 0 Å². The Kier molecular flexibility index (Phi) is 5.95. The third kappa shape index (κ3) is 3.99. The average molecular weight is 239 g/mol. The molecule has 1 fully saturated rings. The van der Waals surface area contributed by atoms with Gasteiger partial charge in [0.15, 0.2) is 0 Å². The first kappa shape index (κ1) is 13.9. The Morgan fingerprint density at radius 3 is 3.06 bits per heavy atom. The number of likely N-dealkylation sites (tertiary alicyclic amines) is 1. The maximum Gasteiger partial charge on any atom is 0.237 e. The summed E-state index contributed by atoms with van der Waals surface area (Å²) in [5.41, 5.74) is 0. The first-order chi connectivity index (χ1) is 8.20. The first-order valence-corrected chi connectivity index (χ1v) is 6.12. The molecule has 0 aromatic rings. The van der Waals surface area contributed by atoms with Crippen molar-refractivity contribution in [3.8, 4) is 6.07 Å². The number of nitrogens with zero attached hydrogens (tertiary/aromatic N) is 2. The minimum Gasteiger partial charge on any atom is -0.383 e. The lowest BCUT2D eigenvalue weighted by Crippen LogP contribution is -2.51. The third-order valence-corrected chi connectivity index (χ3v) is 3.18. The highest BCUT2D eigenvalue weighted by Gasteiger charge is 2.29. The largest absolute Gasteiger partial charge is 0.383 e. The van der Waals surface area contributed by atoms with E-state index in [0.29, 0.717) is 13.2 Å². The predicted octanol–water partition coefficient (Wildman–Crippen LogP) is 0.516. The number of hydrogen-bond donors (Lipinski definition) is 1. The topological polar surface area (TPSA) is 65.4 Å². The molecule has 5 heteroatoms. The van der Waals surface area contributed by atoms with Crippen molar-refractivity contribution in [2.45, 2.75) is 38.3 Å². The summed E-state index contributed by atoms with van der Waals surface area (Å²) >= 11 is 0. The lowest BCUT2D eigenvalue weighted by Gasteiger charge is -2.35. The predicted molar refractivity (Wildman–Crippen MR) is 64.3 cm³/mol. The number of nitriles is 1. The van der Waals surface area contributed by atoms with E-state index in [4.69, 9.17) is 10.00 Å². The van der Waals surface area contributed by atoms with Crippen LogP contribution >= 0.6 is 0 Å². The molecule has 1 rings (SSSR count). The number of methoxy groups -OCH3 is 1. The lowest BCUT2D eigenvalue weighted by atomic mass is 10.0. The minimum atomic E-state index is -0.239. The van der Waals surface area contributed by atoms with Crippen LogP contribution in [-0.4, -0.2) is 49.7 Å². The number of hydrogen-bond acceptors (Lipinski definition) is 4. The minimum absolute atomic E-state index is 0.0239. The summed E-state index contributed by atoms with van der Waals surface area (Å²) in [6.07, 6.45) is 3.01. The van der Waals surface area contributed by atoms with Crippen LogP contribution in [0, 0.1) is 11.3 Å². The van der Waals surface area contributed by atoms with Crippen molar-refractivity contribution in [2.75, 3.05) is 26.8 Å². The molecular formula is C12H21N3O2. The first-order valence-electron chi connectivity index (χ1n) is 6.12. The normalized spacial score (nSPS) is 22.8. The molecule has 5 nitrogen and oxygen atoms in total. The molecular weight excluding hydrogens is 218 g/mol. The van der Waals surface area contributed by atoms with E-state index in [9.17, 15) is 4.79 Å². The molecule has 0 aromatic heterocycles. The van der Waals surface area contributed by atoms with Gasteiger partial charge in [0.05, 0.1) is 24.8 Å². The molecule has 1 amide bonds. The van der Waals surface area contributed by atoms with Crippen LogP contribution in [0.1, 0.15) is 26.2 Å². The number of rotatable bonds is 5. The molecule has 1 aliphatic rings. The summed E-state index contributed by atoms with van der Waals surface area (Å²) < 4.78 is 4.88. The van der Waals surface area contributed by atoms with E-state index in [-0.39, 0.29) is 18.0 Å². The smallest absolute Gasteiger partial charge is 0.237 e. The number of nitrogens with one attached hydrogen (secondary N) is 1. The van der Waals surface area contributed by atoms with Crippen LogP contribution in [0.2, 0.25) is 0 Å². The van der Waals surface area contributed by atoms with Crippen LogP contribution in [0.25, 0.3) is 0 Å². The van der Waals surface area contributed by atoms with Crippen molar-refractivity contribution >= 4 is 5.91 Å². The Morgan fingerprint density at radius 1 is 1.65 bits per heavy atom. The molecule has 0 radical (unpaired) electrons. The quantitative estimate of drug-likeness (QED) is 0.710. The SMILES string of the molecule is COCCNC(=O)C(C)N1CCCCC1C#N. The second-order valence-electron chi connectivity index (χ2n) is 4.34. The van der Waals surface area contributed by atoms with Crippen LogP contribution < -0.4 is 5.32 Å². The van der Waals surface area contributed by atoms with Gasteiger partial charge in [-0.2, -0.15) is 5.26 Å². The summed E-state index contributed by atoms with van der Waals surface area (Å²) in [6, 6.07) is 1.92. The summed E-state index contributed by atoms with van der Waals surface area (Å²) in [7, 11) is 1.60. The summed E-state index contributed by atoms with van der Waals surface area (Å²) in [5.74, 6) is -0.0239. The van der Waals surface area contributed by atoms with Crippen molar-refractivity contribution in [1.82, 2.24) is 10.2 Å². The molecule has 1 saturated heterocycles. The van der Waals surface area contributed by atoms with E-state index in [1.165, 1.54) is 0 Å². The van der Waals surface area contributed by atoms with Crippen molar-refractivity contribution in [1.29, 1.82) is 5.26 Å². The van der Waals surface area contributed by atoms with Crippen LogP contribution in [0.4, 0.5) is 0 Å². The Balaban J connectivity index is 2.46. The van der Waals surface area contributed by atoms with Crippen LogP contribution in [0.15, 0.2) is 0 Å². The fourth-order valence-electron chi connectivity index (χ4n) is 2.13. The molecule has 0 spiro atoms. The van der Waals surface area contributed by atoms with Gasteiger partial charge < -0.3 is 10.1 Å². The molecule has 0 aromatic carbocycles. The number of carbonyl (C=O) groups excluding carboxylic acids is 1. The fraction of sp³-hybridized carbons (Fsp3) is 0.833. The van der Waals surface area contributed by atoms with Crippen LogP contribution in [-0.2, 0) is 9.53 Å². The van der Waals surface area contributed by atoms with Gasteiger partial charge >= 0.3 is 0 Å². The highest BCUT2D eigenvalue weighted by molar-refractivity contribution is 5.81. The van der Waals surface area contributed by atoms with Gasteiger partial charge in [-0.15, -0.1) is 0 Å². The number of amides is 1. The van der Waals surface area contributed by atoms with Crippen molar-refractivity contribution in [2.24, 2.45) is 0 Å². The van der Waals surface area contributed by atoms with E-state index in [0.717, 1.165) is 25.8 Å². The zero-order chi connectivity index (χ0) is 12.7. The molecule has 2 atom stereocenters. The van der Waals surface area contributed by atoms with E-state index < -0.39 is 0 Å². The molecule has 1 aliphatic heterocycles. The zero-order valence-corrected chi connectivity index (χ0v) is 10.6. The highest BCUT2D eigenvalue weighted by atomic mass is 16.5. The molecule has 2 unspecified atom stereocenters. The molecule has 17 heavy (non-hydrogen) atoms. The number of ether oxygens (including phenoxy) is 1. The lowest BCUT2D eigenvalue weighted by molar-refractivity contribution is -0.127. The molecule has 96 valence electrons. The van der Waals surface area contributed by atoms with Gasteiger partial charge in [0, 0.05) is 20.2 Å². The van der Waals surface area contributed by atoms with E-state index in [2.05, 4.69) is 11.4 Å². The summed E-state index contributed by atoms with van der Waals surface area (Å²) in [4.78, 5) is 13.9. The Morgan fingerprint density at radius 2 is 2.41 bits per heavy atom. The summed E-state index contributed by atoms with van der Waals surface area (Å²) in [5, 5.41) is 11.9. The van der Waals surface area contributed by atoms with Crippen LogP contribution in [0.5, 0.6) is 0 Å². The molecule has 1 heterocycles. The Hall–Kier alpha value is -1.12. The van der Waals surface area contributed by atoms with Gasteiger partial charge in [-0.3, -0.25) is 9.69 Å².